The van der Waals surface area contributed by atoms with Gasteiger partial charge >= 0.3 is 6.18 Å². The van der Waals surface area contributed by atoms with Crippen molar-refractivity contribution in [3.8, 4) is 0 Å². The lowest BCUT2D eigenvalue weighted by atomic mass is 10.4. The Morgan fingerprint density at radius 2 is 2.17 bits per heavy atom. The largest absolute Gasteiger partial charge is 0.405 e. The second-order valence-electron chi connectivity index (χ2n) is 3.54. The normalized spacial score (nSPS) is 12.0. The van der Waals surface area contributed by atoms with Crippen molar-refractivity contribution in [3.63, 3.8) is 0 Å². The molecule has 0 radical (unpaired) electrons. The highest BCUT2D eigenvalue weighted by atomic mass is 35.5. The van der Waals surface area contributed by atoms with E-state index in [0.717, 1.165) is 4.90 Å². The molecule has 0 atom stereocenters. The number of nitrogens with zero attached hydrogens (tertiary/aromatic N) is 5. The van der Waals surface area contributed by atoms with E-state index in [4.69, 9.17) is 11.6 Å². The van der Waals surface area contributed by atoms with Crippen molar-refractivity contribution in [2.45, 2.75) is 6.18 Å². The summed E-state index contributed by atoms with van der Waals surface area (Å²) < 4.78 is 39.0. The molecule has 0 amide bonds. The quantitative estimate of drug-likeness (QED) is 0.800. The van der Waals surface area contributed by atoms with Gasteiger partial charge in [0.2, 0.25) is 5.65 Å². The van der Waals surface area contributed by atoms with Gasteiger partial charge in [0.05, 0.1) is 0 Å². The minimum absolute atomic E-state index is 0.0284. The van der Waals surface area contributed by atoms with Gasteiger partial charge in [-0.05, 0) is 0 Å². The Morgan fingerprint density at radius 1 is 1.39 bits per heavy atom. The van der Waals surface area contributed by atoms with Gasteiger partial charge in [-0.1, -0.05) is 0 Å². The average molecular weight is 280 g/mol. The summed E-state index contributed by atoms with van der Waals surface area (Å²) in [4.78, 5) is 4.96. The number of alkyl halides is 4. The third-order valence-electron chi connectivity index (χ3n) is 2.22. The number of hydrogen-bond acceptors (Lipinski definition) is 4. The van der Waals surface area contributed by atoms with Crippen LogP contribution in [0.3, 0.4) is 0 Å². The molecule has 0 fully saturated rings. The lowest BCUT2D eigenvalue weighted by Crippen LogP contribution is -2.36. The highest BCUT2D eigenvalue weighted by molar-refractivity contribution is 6.18. The molecular weight excluding hydrogens is 271 g/mol. The summed E-state index contributed by atoms with van der Waals surface area (Å²) in [6.07, 6.45) is 0.0160. The van der Waals surface area contributed by atoms with Crippen LogP contribution in [-0.2, 0) is 0 Å². The van der Waals surface area contributed by atoms with Crippen LogP contribution in [0.5, 0.6) is 0 Å². The molecule has 98 valence electrons. The molecule has 18 heavy (non-hydrogen) atoms. The number of fused-ring (bicyclic) bond motifs is 1. The summed E-state index contributed by atoms with van der Waals surface area (Å²) in [5.74, 6) is 0.181. The van der Waals surface area contributed by atoms with Crippen LogP contribution in [0.1, 0.15) is 0 Å². The van der Waals surface area contributed by atoms with E-state index in [9.17, 15) is 13.2 Å². The van der Waals surface area contributed by atoms with Gasteiger partial charge in [-0.3, -0.25) is 4.40 Å². The molecule has 0 unspecified atom stereocenters. The first-order valence-electron chi connectivity index (χ1n) is 5.03. The Morgan fingerprint density at radius 3 is 2.83 bits per heavy atom. The Balaban J connectivity index is 2.38. The SMILES string of the molecule is FC(F)(F)CN(CCCl)c1nccn2cnnc12. The molecular formula is C9H9ClF3N5. The van der Waals surface area contributed by atoms with Gasteiger partial charge in [-0.15, -0.1) is 21.8 Å². The molecule has 2 rings (SSSR count). The van der Waals surface area contributed by atoms with E-state index in [1.54, 1.807) is 6.20 Å². The van der Waals surface area contributed by atoms with Gasteiger partial charge in [0.25, 0.3) is 0 Å². The maximum Gasteiger partial charge on any atom is 0.405 e. The van der Waals surface area contributed by atoms with E-state index in [0.29, 0.717) is 0 Å². The first-order valence-corrected chi connectivity index (χ1v) is 5.57. The molecule has 2 aromatic heterocycles. The average Bonchev–Trinajstić information content (AvgIpc) is 2.74. The molecule has 0 aliphatic rings. The fourth-order valence-electron chi connectivity index (χ4n) is 1.55. The topological polar surface area (TPSA) is 46.3 Å². The summed E-state index contributed by atoms with van der Waals surface area (Å²) in [5.41, 5.74) is 0.270. The van der Waals surface area contributed by atoms with Crippen molar-refractivity contribution in [1.82, 2.24) is 19.6 Å². The van der Waals surface area contributed by atoms with Crippen LogP contribution >= 0.6 is 11.6 Å². The van der Waals surface area contributed by atoms with E-state index >= 15 is 0 Å². The highest BCUT2D eigenvalue weighted by Gasteiger charge is 2.32. The minimum atomic E-state index is -4.33. The van der Waals surface area contributed by atoms with Gasteiger partial charge in [0.15, 0.2) is 5.82 Å². The molecule has 0 aromatic carbocycles. The minimum Gasteiger partial charge on any atom is -0.343 e. The second kappa shape index (κ2) is 4.97. The summed E-state index contributed by atoms with van der Waals surface area (Å²) in [6, 6.07) is 0. The van der Waals surface area contributed by atoms with Crippen molar-refractivity contribution >= 4 is 23.1 Å². The van der Waals surface area contributed by atoms with Crippen molar-refractivity contribution in [1.29, 1.82) is 0 Å². The zero-order valence-corrected chi connectivity index (χ0v) is 9.86. The van der Waals surface area contributed by atoms with E-state index in [-0.39, 0.29) is 23.9 Å². The van der Waals surface area contributed by atoms with Crippen LogP contribution in [0.15, 0.2) is 18.7 Å². The van der Waals surface area contributed by atoms with Crippen LogP contribution in [0.4, 0.5) is 19.0 Å². The molecule has 0 saturated heterocycles. The Bertz CT molecular complexity index is 526. The zero-order chi connectivity index (χ0) is 13.2. The van der Waals surface area contributed by atoms with Gasteiger partial charge in [0.1, 0.15) is 12.9 Å². The number of anilines is 1. The molecule has 0 saturated carbocycles. The standard InChI is InChI=1S/C9H9ClF3N5/c10-1-3-17(5-9(11,12)13)7-8-16-15-6-18(8)4-2-14-7/h2,4,6H,1,3,5H2. The molecule has 0 spiro atoms. The maximum atomic E-state index is 12.5. The predicted molar refractivity (Wildman–Crippen MR) is 59.8 cm³/mol. The first kappa shape index (κ1) is 12.9. The van der Waals surface area contributed by atoms with E-state index in [1.165, 1.54) is 16.9 Å². The van der Waals surface area contributed by atoms with Gasteiger partial charge in [-0.25, -0.2) is 4.98 Å². The summed E-state index contributed by atoms with van der Waals surface area (Å²) in [6.45, 7) is -1.10. The van der Waals surface area contributed by atoms with Gasteiger partial charge in [0, 0.05) is 24.8 Å². The van der Waals surface area contributed by atoms with Crippen molar-refractivity contribution in [2.75, 3.05) is 23.9 Å². The number of hydrogen-bond donors (Lipinski definition) is 0. The fourth-order valence-corrected chi connectivity index (χ4v) is 1.75. The third kappa shape index (κ3) is 2.81. The first-order chi connectivity index (χ1) is 8.51. The van der Waals surface area contributed by atoms with E-state index in [1.807, 2.05) is 0 Å². The third-order valence-corrected chi connectivity index (χ3v) is 2.39. The second-order valence-corrected chi connectivity index (χ2v) is 3.92. The van der Waals surface area contributed by atoms with Crippen molar-refractivity contribution < 1.29 is 13.2 Å². The highest BCUT2D eigenvalue weighted by Crippen LogP contribution is 2.22. The van der Waals surface area contributed by atoms with Gasteiger partial charge in [-0.2, -0.15) is 13.2 Å². The van der Waals surface area contributed by atoms with Crippen LogP contribution in [-0.4, -0.2) is 44.7 Å². The van der Waals surface area contributed by atoms with Crippen LogP contribution in [0.2, 0.25) is 0 Å². The maximum absolute atomic E-state index is 12.5. The Hall–Kier alpha value is -1.57. The van der Waals surface area contributed by atoms with E-state index in [2.05, 4.69) is 15.2 Å². The van der Waals surface area contributed by atoms with E-state index < -0.39 is 12.7 Å². The summed E-state index contributed by atoms with van der Waals surface area (Å²) >= 11 is 5.52. The number of aromatic nitrogens is 4. The Kier molecular flexibility index (Phi) is 3.55. The van der Waals surface area contributed by atoms with Crippen molar-refractivity contribution in [3.05, 3.63) is 18.7 Å². The molecule has 0 aliphatic heterocycles. The fraction of sp³-hybridized carbons (Fsp3) is 0.444. The van der Waals surface area contributed by atoms with Gasteiger partial charge < -0.3 is 4.90 Å². The molecule has 9 heteroatoms. The summed E-state index contributed by atoms with van der Waals surface area (Å²) in [5, 5.41) is 7.38. The monoisotopic (exact) mass is 279 g/mol. The number of halogens is 4. The van der Waals surface area contributed by atoms with Crippen LogP contribution in [0, 0.1) is 0 Å². The molecule has 0 aliphatic carbocycles. The molecule has 0 bridgehead atoms. The smallest absolute Gasteiger partial charge is 0.343 e. The molecule has 2 heterocycles. The van der Waals surface area contributed by atoms with Crippen molar-refractivity contribution in [2.24, 2.45) is 0 Å². The number of rotatable bonds is 4. The molecule has 2 aromatic rings. The predicted octanol–water partition coefficient (Wildman–Crippen LogP) is 1.73. The summed E-state index contributed by atoms with van der Waals surface area (Å²) in [7, 11) is 0. The van der Waals surface area contributed by atoms with Crippen LogP contribution < -0.4 is 4.90 Å². The van der Waals surface area contributed by atoms with Crippen LogP contribution in [0.25, 0.3) is 5.65 Å². The molecule has 5 nitrogen and oxygen atoms in total. The Labute approximate surface area is 105 Å². The lowest BCUT2D eigenvalue weighted by molar-refractivity contribution is -0.119. The molecule has 0 N–H and O–H groups in total. The zero-order valence-electron chi connectivity index (χ0n) is 9.10. The lowest BCUT2D eigenvalue weighted by Gasteiger charge is -2.23.